The molecule has 16 heavy (non-hydrogen) atoms. The molecule has 1 fully saturated rings. The van der Waals surface area contributed by atoms with Crippen LogP contribution >= 0.6 is 0 Å². The van der Waals surface area contributed by atoms with Crippen molar-refractivity contribution in [3.8, 4) is 0 Å². The van der Waals surface area contributed by atoms with E-state index in [1.165, 1.54) is 0 Å². The minimum Gasteiger partial charge on any atom is -0.481 e. The molecular weight excluding hydrogens is 208 g/mol. The Morgan fingerprint density at radius 3 is 2.50 bits per heavy atom. The van der Waals surface area contributed by atoms with Crippen molar-refractivity contribution in [2.75, 3.05) is 13.6 Å². The van der Waals surface area contributed by atoms with E-state index in [1.807, 2.05) is 6.92 Å². The van der Waals surface area contributed by atoms with Crippen LogP contribution in [0.2, 0.25) is 0 Å². The van der Waals surface area contributed by atoms with Gasteiger partial charge >= 0.3 is 5.97 Å². The fourth-order valence-electron chi connectivity index (χ4n) is 1.87. The van der Waals surface area contributed by atoms with Crippen molar-refractivity contribution in [2.24, 2.45) is 5.92 Å². The summed E-state index contributed by atoms with van der Waals surface area (Å²) < 4.78 is 0. The van der Waals surface area contributed by atoms with E-state index in [4.69, 9.17) is 5.11 Å². The Balaban J connectivity index is 2.43. The lowest BCUT2D eigenvalue weighted by Gasteiger charge is -2.36. The number of hydrogen-bond donors (Lipinski definition) is 2. The molecule has 2 N–H and O–H groups in total. The predicted molar refractivity (Wildman–Crippen MR) is 60.1 cm³/mol. The second-order valence-electron chi connectivity index (χ2n) is 4.37. The molecule has 1 aliphatic rings. The zero-order valence-electron chi connectivity index (χ0n) is 10.1. The molecule has 0 bridgehead atoms. The van der Waals surface area contributed by atoms with Gasteiger partial charge in [0.2, 0.25) is 5.91 Å². The van der Waals surface area contributed by atoms with Gasteiger partial charge in [0.05, 0.1) is 12.0 Å². The number of aliphatic carboxylic acids is 1. The number of nitrogens with one attached hydrogen (secondary N) is 1. The first kappa shape index (κ1) is 13.0. The lowest BCUT2D eigenvalue weighted by Crippen LogP contribution is -2.54. The summed E-state index contributed by atoms with van der Waals surface area (Å²) in [4.78, 5) is 24.2. The van der Waals surface area contributed by atoms with Gasteiger partial charge in [-0.2, -0.15) is 0 Å². The summed E-state index contributed by atoms with van der Waals surface area (Å²) in [6.07, 6.45) is 1.54. The standard InChI is InChI=1S/C11H20N2O3/c1-4-13(3)10(14)7(2)12-9-6-5-8(9)11(15)16/h7-9,12H,4-6H2,1-3H3,(H,15,16). The molecule has 3 atom stereocenters. The monoisotopic (exact) mass is 228 g/mol. The summed E-state index contributed by atoms with van der Waals surface area (Å²) in [6, 6.07) is -0.362. The van der Waals surface area contributed by atoms with Crippen molar-refractivity contribution < 1.29 is 14.7 Å². The lowest BCUT2D eigenvalue weighted by atomic mass is 9.79. The molecule has 5 heteroatoms. The Bertz CT molecular complexity index is 280. The maximum Gasteiger partial charge on any atom is 0.308 e. The van der Waals surface area contributed by atoms with Gasteiger partial charge < -0.3 is 15.3 Å². The van der Waals surface area contributed by atoms with E-state index in [0.29, 0.717) is 13.0 Å². The number of carboxylic acids is 1. The maximum absolute atomic E-state index is 11.7. The molecular formula is C11H20N2O3. The third kappa shape index (κ3) is 2.72. The Morgan fingerprint density at radius 2 is 2.12 bits per heavy atom. The molecule has 0 heterocycles. The molecule has 0 saturated heterocycles. The van der Waals surface area contributed by atoms with E-state index in [9.17, 15) is 9.59 Å². The first-order valence-electron chi connectivity index (χ1n) is 5.71. The Kier molecular flexibility index (Phi) is 4.29. The molecule has 0 aromatic heterocycles. The summed E-state index contributed by atoms with van der Waals surface area (Å²) in [7, 11) is 1.75. The number of rotatable bonds is 5. The van der Waals surface area contributed by atoms with Crippen LogP contribution in [0.1, 0.15) is 26.7 Å². The smallest absolute Gasteiger partial charge is 0.308 e. The number of nitrogens with zero attached hydrogens (tertiary/aromatic N) is 1. The van der Waals surface area contributed by atoms with Crippen LogP contribution in [0.4, 0.5) is 0 Å². The zero-order valence-corrected chi connectivity index (χ0v) is 10.1. The van der Waals surface area contributed by atoms with Crippen LogP contribution in [0, 0.1) is 5.92 Å². The highest BCUT2D eigenvalue weighted by atomic mass is 16.4. The average Bonchev–Trinajstić information content (AvgIpc) is 2.20. The van der Waals surface area contributed by atoms with E-state index >= 15 is 0 Å². The molecule has 1 aliphatic carbocycles. The molecule has 0 aliphatic heterocycles. The van der Waals surface area contributed by atoms with E-state index in [-0.39, 0.29) is 23.9 Å². The highest BCUT2D eigenvalue weighted by Gasteiger charge is 2.38. The maximum atomic E-state index is 11.7. The number of likely N-dealkylation sites (N-methyl/N-ethyl adjacent to an activating group) is 1. The zero-order chi connectivity index (χ0) is 12.3. The third-order valence-corrected chi connectivity index (χ3v) is 3.28. The van der Waals surface area contributed by atoms with Gasteiger partial charge in [0.1, 0.15) is 0 Å². The molecule has 0 spiro atoms. The highest BCUT2D eigenvalue weighted by Crippen LogP contribution is 2.27. The SMILES string of the molecule is CCN(C)C(=O)C(C)NC1CCC1C(=O)O. The number of carboxylic acid groups (broad SMARTS) is 1. The van der Waals surface area contributed by atoms with Crippen LogP contribution in [-0.2, 0) is 9.59 Å². The van der Waals surface area contributed by atoms with E-state index in [1.54, 1.807) is 18.9 Å². The number of amides is 1. The van der Waals surface area contributed by atoms with Gasteiger partial charge in [0.15, 0.2) is 0 Å². The topological polar surface area (TPSA) is 69.6 Å². The number of hydrogen-bond acceptors (Lipinski definition) is 3. The summed E-state index contributed by atoms with van der Waals surface area (Å²) in [6.45, 7) is 4.36. The number of carbonyl (C=O) groups is 2. The van der Waals surface area contributed by atoms with Gasteiger partial charge in [-0.3, -0.25) is 9.59 Å². The largest absolute Gasteiger partial charge is 0.481 e. The van der Waals surface area contributed by atoms with Gasteiger partial charge in [0.25, 0.3) is 0 Å². The van der Waals surface area contributed by atoms with Crippen LogP contribution in [0.15, 0.2) is 0 Å². The van der Waals surface area contributed by atoms with Gasteiger partial charge in [-0.15, -0.1) is 0 Å². The van der Waals surface area contributed by atoms with Crippen molar-refractivity contribution in [1.29, 1.82) is 0 Å². The number of carbonyl (C=O) groups excluding carboxylic acids is 1. The normalized spacial score (nSPS) is 25.7. The van der Waals surface area contributed by atoms with Crippen LogP contribution in [0.3, 0.4) is 0 Å². The van der Waals surface area contributed by atoms with E-state index < -0.39 is 5.97 Å². The third-order valence-electron chi connectivity index (χ3n) is 3.28. The molecule has 0 radical (unpaired) electrons. The molecule has 3 unspecified atom stereocenters. The molecule has 1 amide bonds. The highest BCUT2D eigenvalue weighted by molar-refractivity contribution is 5.81. The molecule has 1 rings (SSSR count). The van der Waals surface area contributed by atoms with Crippen molar-refractivity contribution in [3.63, 3.8) is 0 Å². The fourth-order valence-corrected chi connectivity index (χ4v) is 1.87. The van der Waals surface area contributed by atoms with E-state index in [0.717, 1.165) is 6.42 Å². The molecule has 0 aromatic carbocycles. The fraction of sp³-hybridized carbons (Fsp3) is 0.818. The van der Waals surface area contributed by atoms with Crippen LogP contribution in [-0.4, -0.2) is 47.6 Å². The van der Waals surface area contributed by atoms with Gasteiger partial charge in [-0.1, -0.05) is 0 Å². The summed E-state index contributed by atoms with van der Waals surface area (Å²) in [5, 5.41) is 12.0. The van der Waals surface area contributed by atoms with Crippen molar-refractivity contribution in [2.45, 2.75) is 38.8 Å². The van der Waals surface area contributed by atoms with Crippen LogP contribution in [0.25, 0.3) is 0 Å². The van der Waals surface area contributed by atoms with Crippen molar-refractivity contribution in [1.82, 2.24) is 10.2 Å². The minimum atomic E-state index is -0.771. The minimum absolute atomic E-state index is 0.0125. The Hall–Kier alpha value is -1.10. The van der Waals surface area contributed by atoms with Gasteiger partial charge in [0, 0.05) is 19.6 Å². The quantitative estimate of drug-likeness (QED) is 0.710. The van der Waals surface area contributed by atoms with Crippen LogP contribution < -0.4 is 5.32 Å². The summed E-state index contributed by atoms with van der Waals surface area (Å²) in [5.74, 6) is -1.09. The summed E-state index contributed by atoms with van der Waals surface area (Å²) >= 11 is 0. The molecule has 92 valence electrons. The first-order valence-corrected chi connectivity index (χ1v) is 5.71. The summed E-state index contributed by atoms with van der Waals surface area (Å²) in [5.41, 5.74) is 0. The van der Waals surface area contributed by atoms with Crippen molar-refractivity contribution >= 4 is 11.9 Å². The lowest BCUT2D eigenvalue weighted by molar-refractivity contribution is -0.147. The van der Waals surface area contributed by atoms with Crippen LogP contribution in [0.5, 0.6) is 0 Å². The predicted octanol–water partition coefficient (Wildman–Crippen LogP) is 0.306. The Morgan fingerprint density at radius 1 is 1.50 bits per heavy atom. The molecule has 0 aromatic rings. The van der Waals surface area contributed by atoms with E-state index in [2.05, 4.69) is 5.32 Å². The first-order chi connectivity index (χ1) is 7.47. The Labute approximate surface area is 95.8 Å². The molecule has 5 nitrogen and oxygen atoms in total. The molecule has 1 saturated carbocycles. The van der Waals surface area contributed by atoms with Crippen molar-refractivity contribution in [3.05, 3.63) is 0 Å². The second kappa shape index (κ2) is 5.30. The van der Waals surface area contributed by atoms with Gasteiger partial charge in [-0.05, 0) is 26.7 Å². The average molecular weight is 228 g/mol. The second-order valence-corrected chi connectivity index (χ2v) is 4.37. The van der Waals surface area contributed by atoms with Gasteiger partial charge in [-0.25, -0.2) is 0 Å².